The van der Waals surface area contributed by atoms with Gasteiger partial charge in [-0.05, 0) is 33.1 Å². The Balaban J connectivity index is 4.67. The minimum absolute atomic E-state index is 0.0989. The number of nitrogens with one attached hydrogen (secondary N) is 1. The Labute approximate surface area is 93.8 Å². The lowest BCUT2D eigenvalue weighted by Gasteiger charge is -2.34. The van der Waals surface area contributed by atoms with Crippen LogP contribution in [0.2, 0.25) is 0 Å². The van der Waals surface area contributed by atoms with Gasteiger partial charge in [-0.3, -0.25) is 4.79 Å². The van der Waals surface area contributed by atoms with E-state index < -0.39 is 0 Å². The molecule has 0 aliphatic rings. The predicted molar refractivity (Wildman–Crippen MR) is 64.6 cm³/mol. The normalized spacial score (nSPS) is 12.7. The second kappa shape index (κ2) is 5.50. The van der Waals surface area contributed by atoms with E-state index in [9.17, 15) is 4.79 Å². The summed E-state index contributed by atoms with van der Waals surface area (Å²) >= 11 is 0. The summed E-state index contributed by atoms with van der Waals surface area (Å²) in [6.07, 6.45) is 2.52. The van der Waals surface area contributed by atoms with Gasteiger partial charge in [0.1, 0.15) is 0 Å². The van der Waals surface area contributed by atoms with Crippen molar-refractivity contribution in [3.05, 3.63) is 0 Å². The summed E-state index contributed by atoms with van der Waals surface area (Å²) in [5.74, 6) is 0.0989. The number of hydrogen-bond donors (Lipinski definition) is 2. The third kappa shape index (κ3) is 3.49. The quantitative estimate of drug-likeness (QED) is 0.711. The van der Waals surface area contributed by atoms with E-state index in [0.717, 1.165) is 19.3 Å². The summed E-state index contributed by atoms with van der Waals surface area (Å²) < 4.78 is 0. The van der Waals surface area contributed by atoms with E-state index in [1.807, 2.05) is 27.7 Å². The van der Waals surface area contributed by atoms with Crippen LogP contribution in [0.4, 0.5) is 0 Å². The summed E-state index contributed by atoms with van der Waals surface area (Å²) in [5.41, 5.74) is 5.21. The van der Waals surface area contributed by atoms with Gasteiger partial charge in [-0.25, -0.2) is 0 Å². The predicted octanol–water partition coefficient (Wildman–Crippen LogP) is 2.06. The van der Waals surface area contributed by atoms with E-state index in [-0.39, 0.29) is 16.9 Å². The van der Waals surface area contributed by atoms with Gasteiger partial charge in [0.2, 0.25) is 5.91 Å². The third-order valence-electron chi connectivity index (χ3n) is 3.56. The van der Waals surface area contributed by atoms with Crippen molar-refractivity contribution in [1.82, 2.24) is 5.32 Å². The standard InChI is InChI=1S/C12H26N2O/c1-6-11(4,5)14-10(15)12(7-2,8-3)9-13/h6-9,13H2,1-5H3,(H,14,15). The lowest BCUT2D eigenvalue weighted by atomic mass is 9.80. The molecular weight excluding hydrogens is 188 g/mol. The highest BCUT2D eigenvalue weighted by molar-refractivity contribution is 5.83. The van der Waals surface area contributed by atoms with Gasteiger partial charge in [-0.15, -0.1) is 0 Å². The molecule has 0 aromatic rings. The van der Waals surface area contributed by atoms with Crippen LogP contribution in [0.5, 0.6) is 0 Å². The summed E-state index contributed by atoms with van der Waals surface area (Å²) in [6, 6.07) is 0. The molecule has 0 aromatic heterocycles. The van der Waals surface area contributed by atoms with E-state index in [1.165, 1.54) is 0 Å². The zero-order chi connectivity index (χ0) is 12.1. The number of rotatable bonds is 6. The van der Waals surface area contributed by atoms with Gasteiger partial charge in [-0.2, -0.15) is 0 Å². The molecule has 3 heteroatoms. The van der Waals surface area contributed by atoms with Crippen LogP contribution in [-0.4, -0.2) is 18.0 Å². The van der Waals surface area contributed by atoms with Crippen LogP contribution in [0.25, 0.3) is 0 Å². The fourth-order valence-electron chi connectivity index (χ4n) is 1.48. The first-order chi connectivity index (χ1) is 6.87. The first-order valence-corrected chi connectivity index (χ1v) is 5.90. The number of nitrogens with two attached hydrogens (primary N) is 1. The van der Waals surface area contributed by atoms with Gasteiger partial charge in [0.05, 0.1) is 5.41 Å². The molecule has 0 aromatic carbocycles. The largest absolute Gasteiger partial charge is 0.351 e. The summed E-state index contributed by atoms with van der Waals surface area (Å²) in [7, 11) is 0. The fraction of sp³-hybridized carbons (Fsp3) is 0.917. The van der Waals surface area contributed by atoms with Crippen molar-refractivity contribution < 1.29 is 4.79 Å². The second-order valence-corrected chi connectivity index (χ2v) is 4.88. The molecule has 15 heavy (non-hydrogen) atoms. The molecule has 0 saturated heterocycles. The van der Waals surface area contributed by atoms with Crippen LogP contribution in [0.1, 0.15) is 53.9 Å². The topological polar surface area (TPSA) is 55.1 Å². The van der Waals surface area contributed by atoms with Crippen LogP contribution >= 0.6 is 0 Å². The SMILES string of the molecule is CCC(C)(C)NC(=O)C(CC)(CC)CN. The molecule has 0 unspecified atom stereocenters. The molecular formula is C12H26N2O. The Morgan fingerprint density at radius 2 is 1.60 bits per heavy atom. The average Bonchev–Trinajstić information content (AvgIpc) is 2.21. The van der Waals surface area contributed by atoms with Crippen molar-refractivity contribution in [3.8, 4) is 0 Å². The lowest BCUT2D eigenvalue weighted by Crippen LogP contribution is -2.52. The number of hydrogen-bond acceptors (Lipinski definition) is 2. The Kier molecular flexibility index (Phi) is 5.29. The van der Waals surface area contributed by atoms with Crippen LogP contribution in [0.3, 0.4) is 0 Å². The zero-order valence-corrected chi connectivity index (χ0v) is 10.8. The molecule has 0 heterocycles. The minimum atomic E-state index is -0.382. The van der Waals surface area contributed by atoms with E-state index in [0.29, 0.717) is 6.54 Å². The Bertz CT molecular complexity index is 199. The highest BCUT2D eigenvalue weighted by Crippen LogP contribution is 2.26. The summed E-state index contributed by atoms with van der Waals surface area (Å²) in [4.78, 5) is 12.1. The molecule has 3 nitrogen and oxygen atoms in total. The van der Waals surface area contributed by atoms with Crippen molar-refractivity contribution in [3.63, 3.8) is 0 Å². The zero-order valence-electron chi connectivity index (χ0n) is 10.8. The second-order valence-electron chi connectivity index (χ2n) is 4.88. The Morgan fingerprint density at radius 3 is 1.87 bits per heavy atom. The molecule has 90 valence electrons. The van der Waals surface area contributed by atoms with E-state index in [4.69, 9.17) is 5.73 Å². The van der Waals surface area contributed by atoms with Crippen LogP contribution in [-0.2, 0) is 4.79 Å². The molecule has 0 spiro atoms. The van der Waals surface area contributed by atoms with Gasteiger partial charge in [-0.1, -0.05) is 20.8 Å². The van der Waals surface area contributed by atoms with Gasteiger partial charge in [0.15, 0.2) is 0 Å². The molecule has 0 bridgehead atoms. The van der Waals surface area contributed by atoms with Gasteiger partial charge < -0.3 is 11.1 Å². The number of carbonyl (C=O) groups is 1. The molecule has 3 N–H and O–H groups in total. The van der Waals surface area contributed by atoms with Crippen molar-refractivity contribution in [2.75, 3.05) is 6.54 Å². The monoisotopic (exact) mass is 214 g/mol. The van der Waals surface area contributed by atoms with Gasteiger partial charge >= 0.3 is 0 Å². The Morgan fingerprint density at radius 1 is 1.13 bits per heavy atom. The Hall–Kier alpha value is -0.570. The molecule has 0 saturated carbocycles. The maximum absolute atomic E-state index is 12.1. The van der Waals surface area contributed by atoms with Gasteiger partial charge in [0, 0.05) is 12.1 Å². The highest BCUT2D eigenvalue weighted by atomic mass is 16.2. The minimum Gasteiger partial charge on any atom is -0.351 e. The molecule has 0 aliphatic carbocycles. The van der Waals surface area contributed by atoms with E-state index in [2.05, 4.69) is 12.2 Å². The van der Waals surface area contributed by atoms with Gasteiger partial charge in [0.25, 0.3) is 0 Å². The summed E-state index contributed by atoms with van der Waals surface area (Å²) in [5, 5.41) is 3.08. The van der Waals surface area contributed by atoms with E-state index >= 15 is 0 Å². The van der Waals surface area contributed by atoms with E-state index in [1.54, 1.807) is 0 Å². The molecule has 0 rings (SSSR count). The van der Waals surface area contributed by atoms with Crippen molar-refractivity contribution in [2.45, 2.75) is 59.4 Å². The van der Waals surface area contributed by atoms with Crippen molar-refractivity contribution >= 4 is 5.91 Å². The van der Waals surface area contributed by atoms with Crippen molar-refractivity contribution in [1.29, 1.82) is 0 Å². The molecule has 1 amide bonds. The fourth-order valence-corrected chi connectivity index (χ4v) is 1.48. The van der Waals surface area contributed by atoms with Crippen LogP contribution in [0.15, 0.2) is 0 Å². The lowest BCUT2D eigenvalue weighted by molar-refractivity contribution is -0.132. The van der Waals surface area contributed by atoms with Crippen LogP contribution < -0.4 is 11.1 Å². The maximum Gasteiger partial charge on any atom is 0.227 e. The van der Waals surface area contributed by atoms with Crippen LogP contribution in [0, 0.1) is 5.41 Å². The molecule has 0 aliphatic heterocycles. The smallest absolute Gasteiger partial charge is 0.227 e. The first kappa shape index (κ1) is 14.4. The third-order valence-corrected chi connectivity index (χ3v) is 3.56. The molecule has 0 atom stereocenters. The highest BCUT2D eigenvalue weighted by Gasteiger charge is 2.35. The van der Waals surface area contributed by atoms with Crippen molar-refractivity contribution in [2.24, 2.45) is 11.1 Å². The maximum atomic E-state index is 12.1. The average molecular weight is 214 g/mol. The first-order valence-electron chi connectivity index (χ1n) is 5.90. The number of carbonyl (C=O) groups excluding carboxylic acids is 1. The molecule has 0 fully saturated rings. The molecule has 0 radical (unpaired) electrons. The summed E-state index contributed by atoms with van der Waals surface area (Å²) in [6.45, 7) is 10.6. The number of amides is 1.